The quantitative estimate of drug-likeness (QED) is 0.805. The van der Waals surface area contributed by atoms with Crippen LogP contribution in [0.15, 0.2) is 0 Å². The predicted octanol–water partition coefficient (Wildman–Crippen LogP) is 1.95. The molecule has 1 unspecified atom stereocenters. The first-order valence-corrected chi connectivity index (χ1v) is 7.29. The highest BCUT2D eigenvalue weighted by Crippen LogP contribution is 2.21. The van der Waals surface area contributed by atoms with Crippen molar-refractivity contribution in [3.63, 3.8) is 0 Å². The number of nitrogens with one attached hydrogen (secondary N) is 2. The highest BCUT2D eigenvalue weighted by atomic mass is 16.5. The second-order valence-electron chi connectivity index (χ2n) is 5.48. The van der Waals surface area contributed by atoms with Crippen LogP contribution in [0.4, 0.5) is 0 Å². The number of hydrogen-bond donors (Lipinski definition) is 2. The molecule has 1 aromatic heterocycles. The van der Waals surface area contributed by atoms with Crippen LogP contribution in [0.5, 0.6) is 0 Å². The lowest BCUT2D eigenvalue weighted by Crippen LogP contribution is -2.36. The maximum Gasteiger partial charge on any atom is 0.0794 e. The van der Waals surface area contributed by atoms with Gasteiger partial charge < -0.3 is 10.1 Å². The number of aromatic nitrogens is 2. The van der Waals surface area contributed by atoms with Crippen LogP contribution in [0.3, 0.4) is 0 Å². The van der Waals surface area contributed by atoms with Crippen LogP contribution in [0.1, 0.15) is 49.1 Å². The molecule has 2 aliphatic rings. The summed E-state index contributed by atoms with van der Waals surface area (Å²) in [4.78, 5) is 0. The van der Waals surface area contributed by atoms with E-state index in [4.69, 9.17) is 4.74 Å². The standard InChI is InChI=1S/C14H23N3O/c1-2-6-12-13(7-3-1)16-17-14(12)9-15-11-5-4-8-18-10-11/h11,15H,1-10H2,(H,16,17). The van der Waals surface area contributed by atoms with Crippen molar-refractivity contribution in [2.75, 3.05) is 13.2 Å². The molecule has 0 bridgehead atoms. The average Bonchev–Trinajstić information content (AvgIpc) is 2.65. The van der Waals surface area contributed by atoms with Crippen LogP contribution in [0, 0.1) is 0 Å². The first-order chi connectivity index (χ1) is 8.93. The third-order valence-electron chi connectivity index (χ3n) is 4.11. The number of aromatic amines is 1. The van der Waals surface area contributed by atoms with Gasteiger partial charge in [-0.1, -0.05) is 6.42 Å². The highest BCUT2D eigenvalue weighted by molar-refractivity contribution is 5.26. The number of ether oxygens (including phenoxy) is 1. The fraction of sp³-hybridized carbons (Fsp3) is 0.786. The molecule has 0 spiro atoms. The van der Waals surface area contributed by atoms with Gasteiger partial charge in [0.1, 0.15) is 0 Å². The van der Waals surface area contributed by atoms with Gasteiger partial charge in [0.2, 0.25) is 0 Å². The van der Waals surface area contributed by atoms with Gasteiger partial charge >= 0.3 is 0 Å². The minimum absolute atomic E-state index is 0.511. The highest BCUT2D eigenvalue weighted by Gasteiger charge is 2.18. The van der Waals surface area contributed by atoms with Gasteiger partial charge in [0.25, 0.3) is 0 Å². The molecule has 1 atom stereocenters. The topological polar surface area (TPSA) is 49.9 Å². The van der Waals surface area contributed by atoms with Crippen LogP contribution in [-0.2, 0) is 24.1 Å². The largest absolute Gasteiger partial charge is 0.380 e. The summed E-state index contributed by atoms with van der Waals surface area (Å²) >= 11 is 0. The summed E-state index contributed by atoms with van der Waals surface area (Å²) < 4.78 is 5.49. The Labute approximate surface area is 108 Å². The molecule has 0 aromatic carbocycles. The average molecular weight is 249 g/mol. The zero-order valence-corrected chi connectivity index (χ0v) is 11.0. The fourth-order valence-electron chi connectivity index (χ4n) is 3.02. The van der Waals surface area contributed by atoms with E-state index in [1.54, 1.807) is 0 Å². The van der Waals surface area contributed by atoms with Crippen molar-refractivity contribution >= 4 is 0 Å². The Morgan fingerprint density at radius 2 is 2.17 bits per heavy atom. The van der Waals surface area contributed by atoms with Crippen molar-refractivity contribution in [3.05, 3.63) is 17.0 Å². The van der Waals surface area contributed by atoms with E-state index in [0.717, 1.165) is 19.8 Å². The Kier molecular flexibility index (Phi) is 3.96. The number of rotatable bonds is 3. The van der Waals surface area contributed by atoms with Crippen LogP contribution in [0.25, 0.3) is 0 Å². The molecule has 1 fully saturated rings. The zero-order chi connectivity index (χ0) is 12.2. The number of fused-ring (bicyclic) bond motifs is 1. The van der Waals surface area contributed by atoms with Crippen molar-refractivity contribution < 1.29 is 4.74 Å². The first kappa shape index (κ1) is 12.2. The van der Waals surface area contributed by atoms with Crippen molar-refractivity contribution in [1.29, 1.82) is 0 Å². The Bertz CT molecular complexity index is 382. The van der Waals surface area contributed by atoms with Gasteiger partial charge in [-0.05, 0) is 44.1 Å². The third kappa shape index (κ3) is 2.75. The molecule has 4 nitrogen and oxygen atoms in total. The molecule has 4 heteroatoms. The summed E-state index contributed by atoms with van der Waals surface area (Å²) in [7, 11) is 0. The van der Waals surface area contributed by atoms with E-state index in [1.165, 1.54) is 61.9 Å². The maximum atomic E-state index is 5.49. The molecular formula is C14H23N3O. The predicted molar refractivity (Wildman–Crippen MR) is 70.5 cm³/mol. The molecule has 1 aliphatic heterocycles. The second kappa shape index (κ2) is 5.85. The van der Waals surface area contributed by atoms with Crippen LogP contribution >= 0.6 is 0 Å². The van der Waals surface area contributed by atoms with Gasteiger partial charge in [0.05, 0.1) is 12.3 Å². The van der Waals surface area contributed by atoms with E-state index >= 15 is 0 Å². The van der Waals surface area contributed by atoms with Crippen LogP contribution in [-0.4, -0.2) is 29.5 Å². The van der Waals surface area contributed by atoms with E-state index < -0.39 is 0 Å². The molecule has 18 heavy (non-hydrogen) atoms. The smallest absolute Gasteiger partial charge is 0.0794 e. The third-order valence-corrected chi connectivity index (χ3v) is 4.11. The molecule has 2 N–H and O–H groups in total. The lowest BCUT2D eigenvalue weighted by molar-refractivity contribution is 0.0698. The monoisotopic (exact) mass is 249 g/mol. The zero-order valence-electron chi connectivity index (χ0n) is 11.0. The van der Waals surface area contributed by atoms with Gasteiger partial charge in [-0.25, -0.2) is 0 Å². The number of nitrogens with zero attached hydrogens (tertiary/aromatic N) is 1. The maximum absolute atomic E-state index is 5.49. The van der Waals surface area contributed by atoms with Crippen molar-refractivity contribution in [2.24, 2.45) is 0 Å². The fourth-order valence-corrected chi connectivity index (χ4v) is 3.02. The summed E-state index contributed by atoms with van der Waals surface area (Å²) in [6.45, 7) is 2.67. The van der Waals surface area contributed by atoms with Crippen molar-refractivity contribution in [2.45, 2.75) is 57.5 Å². The SMILES string of the molecule is C1CCc2[nH]nc(CNC3CCCOC3)c2CC1. The molecule has 0 radical (unpaired) electrons. The van der Waals surface area contributed by atoms with Crippen LogP contribution in [0.2, 0.25) is 0 Å². The van der Waals surface area contributed by atoms with Gasteiger partial charge in [-0.3, -0.25) is 5.10 Å². The number of aryl methyl sites for hydroxylation is 1. The second-order valence-corrected chi connectivity index (χ2v) is 5.48. The van der Waals surface area contributed by atoms with E-state index in [2.05, 4.69) is 15.5 Å². The summed E-state index contributed by atoms with van der Waals surface area (Å²) in [5.41, 5.74) is 4.10. The minimum Gasteiger partial charge on any atom is -0.380 e. The Balaban J connectivity index is 1.60. The van der Waals surface area contributed by atoms with Crippen LogP contribution < -0.4 is 5.32 Å². The van der Waals surface area contributed by atoms with E-state index in [0.29, 0.717) is 6.04 Å². The number of H-pyrrole nitrogens is 1. The molecule has 0 amide bonds. The van der Waals surface area contributed by atoms with E-state index in [1.807, 2.05) is 0 Å². The lowest BCUT2D eigenvalue weighted by Gasteiger charge is -2.23. The summed E-state index contributed by atoms with van der Waals surface area (Å²) in [5.74, 6) is 0. The minimum atomic E-state index is 0.511. The molecule has 0 saturated carbocycles. The van der Waals surface area contributed by atoms with E-state index in [-0.39, 0.29) is 0 Å². The van der Waals surface area contributed by atoms with Gasteiger partial charge in [-0.2, -0.15) is 5.10 Å². The Morgan fingerprint density at radius 3 is 3.06 bits per heavy atom. The normalized spacial score (nSPS) is 24.6. The first-order valence-electron chi connectivity index (χ1n) is 7.29. The molecule has 100 valence electrons. The van der Waals surface area contributed by atoms with Gasteiger partial charge in [0, 0.05) is 24.9 Å². The summed E-state index contributed by atoms with van der Waals surface area (Å²) in [5, 5.41) is 11.3. The lowest BCUT2D eigenvalue weighted by atomic mass is 10.1. The molecule has 3 rings (SSSR count). The summed E-state index contributed by atoms with van der Waals surface area (Å²) in [6, 6.07) is 0.511. The molecule has 2 heterocycles. The van der Waals surface area contributed by atoms with Gasteiger partial charge in [0.15, 0.2) is 0 Å². The molecule has 1 aliphatic carbocycles. The summed E-state index contributed by atoms with van der Waals surface area (Å²) in [6.07, 6.45) is 8.75. The Hall–Kier alpha value is -0.870. The van der Waals surface area contributed by atoms with Crippen molar-refractivity contribution in [1.82, 2.24) is 15.5 Å². The van der Waals surface area contributed by atoms with Gasteiger partial charge in [-0.15, -0.1) is 0 Å². The molecular weight excluding hydrogens is 226 g/mol. The Morgan fingerprint density at radius 1 is 1.22 bits per heavy atom. The number of hydrogen-bond acceptors (Lipinski definition) is 3. The molecule has 1 aromatic rings. The molecule has 1 saturated heterocycles. The van der Waals surface area contributed by atoms with Crippen molar-refractivity contribution in [3.8, 4) is 0 Å². The van der Waals surface area contributed by atoms with E-state index in [9.17, 15) is 0 Å².